The van der Waals surface area contributed by atoms with Crippen molar-refractivity contribution in [2.75, 3.05) is 24.2 Å². The molecule has 2 atom stereocenters. The summed E-state index contributed by atoms with van der Waals surface area (Å²) in [6.07, 6.45) is 8.99. The summed E-state index contributed by atoms with van der Waals surface area (Å²) < 4.78 is 0. The molecule has 1 N–H and O–H groups in total. The molecule has 110 valence electrons. The van der Waals surface area contributed by atoms with Gasteiger partial charge >= 0.3 is 0 Å². The number of anilines is 1. The molecule has 1 saturated carbocycles. The summed E-state index contributed by atoms with van der Waals surface area (Å²) in [6, 6.07) is 12.4. The Kier molecular flexibility index (Phi) is 4.90. The van der Waals surface area contributed by atoms with E-state index in [0.717, 1.165) is 17.3 Å². The Morgan fingerprint density at radius 1 is 1.00 bits per heavy atom. The van der Waals surface area contributed by atoms with E-state index < -0.39 is 0 Å². The number of nitrogens with zero attached hydrogens (tertiary/aromatic N) is 1. The largest absolute Gasteiger partial charge is 0.371 e. The molecule has 2 unspecified atom stereocenters. The van der Waals surface area contributed by atoms with Gasteiger partial charge in [0.2, 0.25) is 0 Å². The Morgan fingerprint density at radius 2 is 1.75 bits per heavy atom. The molecular formula is C17H26N2S. The van der Waals surface area contributed by atoms with Crippen LogP contribution in [0.4, 0.5) is 5.69 Å². The topological polar surface area (TPSA) is 15.3 Å². The van der Waals surface area contributed by atoms with Crippen molar-refractivity contribution >= 4 is 17.4 Å². The summed E-state index contributed by atoms with van der Waals surface area (Å²) in [4.78, 5) is 2.53. The van der Waals surface area contributed by atoms with Crippen LogP contribution in [0, 0.1) is 0 Å². The van der Waals surface area contributed by atoms with Gasteiger partial charge in [0.05, 0.1) is 0 Å². The second-order valence-electron chi connectivity index (χ2n) is 6.13. The van der Waals surface area contributed by atoms with Gasteiger partial charge in [-0.3, -0.25) is 0 Å². The monoisotopic (exact) mass is 290 g/mol. The molecule has 1 aliphatic carbocycles. The van der Waals surface area contributed by atoms with E-state index in [1.165, 1.54) is 50.9 Å². The van der Waals surface area contributed by atoms with Crippen molar-refractivity contribution in [3.63, 3.8) is 0 Å². The molecule has 2 nitrogen and oxygen atoms in total. The standard InChI is InChI=1S/C17H26N2S/c1-20-17-8-7-15(13-17)18-14-9-11-19(12-10-14)16-5-3-2-4-6-16/h2-6,14-15,17-18H,7-13H2,1H3. The highest BCUT2D eigenvalue weighted by Crippen LogP contribution is 2.29. The van der Waals surface area contributed by atoms with Gasteiger partial charge in [0.1, 0.15) is 0 Å². The fourth-order valence-corrected chi connectivity index (χ4v) is 4.38. The van der Waals surface area contributed by atoms with E-state index >= 15 is 0 Å². The molecular weight excluding hydrogens is 264 g/mol. The van der Waals surface area contributed by atoms with Gasteiger partial charge in [0.15, 0.2) is 0 Å². The molecule has 1 heterocycles. The van der Waals surface area contributed by atoms with Crippen LogP contribution in [-0.2, 0) is 0 Å². The van der Waals surface area contributed by atoms with Crippen molar-refractivity contribution in [3.8, 4) is 0 Å². The number of nitrogens with one attached hydrogen (secondary N) is 1. The average molecular weight is 290 g/mol. The first kappa shape index (κ1) is 14.3. The van der Waals surface area contributed by atoms with Gasteiger partial charge in [-0.1, -0.05) is 18.2 Å². The summed E-state index contributed by atoms with van der Waals surface area (Å²) in [5.41, 5.74) is 1.38. The van der Waals surface area contributed by atoms with Gasteiger partial charge in [0.25, 0.3) is 0 Å². The number of thioether (sulfide) groups is 1. The van der Waals surface area contributed by atoms with Crippen molar-refractivity contribution in [2.24, 2.45) is 0 Å². The van der Waals surface area contributed by atoms with Crippen LogP contribution in [0.3, 0.4) is 0 Å². The molecule has 0 spiro atoms. The third-order valence-corrected chi connectivity index (χ3v) is 5.90. The number of hydrogen-bond acceptors (Lipinski definition) is 3. The van der Waals surface area contributed by atoms with Crippen LogP contribution >= 0.6 is 11.8 Å². The number of rotatable bonds is 4. The maximum Gasteiger partial charge on any atom is 0.0366 e. The van der Waals surface area contributed by atoms with E-state index in [0.29, 0.717) is 0 Å². The van der Waals surface area contributed by atoms with Crippen molar-refractivity contribution in [1.82, 2.24) is 5.32 Å². The minimum atomic E-state index is 0.737. The highest BCUT2D eigenvalue weighted by Gasteiger charge is 2.27. The summed E-state index contributed by atoms with van der Waals surface area (Å²) in [5, 5.41) is 4.81. The maximum absolute atomic E-state index is 3.91. The number of hydrogen-bond donors (Lipinski definition) is 1. The van der Waals surface area contributed by atoms with E-state index in [2.05, 4.69) is 46.8 Å². The molecule has 0 amide bonds. The fourth-order valence-electron chi connectivity index (χ4n) is 3.58. The van der Waals surface area contributed by atoms with Crippen LogP contribution in [0.5, 0.6) is 0 Å². The van der Waals surface area contributed by atoms with Crippen LogP contribution in [0.2, 0.25) is 0 Å². The molecule has 2 aliphatic rings. The summed E-state index contributed by atoms with van der Waals surface area (Å²) >= 11 is 2.05. The molecule has 0 bridgehead atoms. The van der Waals surface area contributed by atoms with Crippen LogP contribution in [-0.4, -0.2) is 36.7 Å². The molecule has 1 aliphatic heterocycles. The van der Waals surface area contributed by atoms with Crippen molar-refractivity contribution in [2.45, 2.75) is 49.4 Å². The molecule has 20 heavy (non-hydrogen) atoms. The Hall–Kier alpha value is -0.670. The van der Waals surface area contributed by atoms with E-state index in [4.69, 9.17) is 0 Å². The minimum absolute atomic E-state index is 0.737. The van der Waals surface area contributed by atoms with Gasteiger partial charge in [-0.2, -0.15) is 11.8 Å². The molecule has 0 radical (unpaired) electrons. The van der Waals surface area contributed by atoms with Gasteiger partial charge < -0.3 is 10.2 Å². The fraction of sp³-hybridized carbons (Fsp3) is 0.647. The van der Waals surface area contributed by atoms with Crippen LogP contribution < -0.4 is 10.2 Å². The predicted molar refractivity (Wildman–Crippen MR) is 89.8 cm³/mol. The quantitative estimate of drug-likeness (QED) is 0.913. The lowest BCUT2D eigenvalue weighted by Gasteiger charge is -2.35. The first-order valence-corrected chi connectivity index (χ1v) is 9.23. The highest BCUT2D eigenvalue weighted by atomic mass is 32.2. The van der Waals surface area contributed by atoms with E-state index in [1.54, 1.807) is 0 Å². The summed E-state index contributed by atoms with van der Waals surface area (Å²) in [6.45, 7) is 2.39. The highest BCUT2D eigenvalue weighted by molar-refractivity contribution is 7.99. The van der Waals surface area contributed by atoms with E-state index in [1.807, 2.05) is 11.8 Å². The SMILES string of the molecule is CSC1CCC(NC2CCN(c3ccccc3)CC2)C1. The van der Waals surface area contributed by atoms with Gasteiger partial charge in [-0.25, -0.2) is 0 Å². The molecule has 2 fully saturated rings. The molecule has 3 rings (SSSR count). The Labute approximate surface area is 127 Å². The third-order valence-electron chi connectivity index (χ3n) is 4.81. The first-order valence-electron chi connectivity index (χ1n) is 7.94. The van der Waals surface area contributed by atoms with Crippen molar-refractivity contribution in [1.29, 1.82) is 0 Å². The number of piperidine rings is 1. The molecule has 1 aromatic carbocycles. The van der Waals surface area contributed by atoms with Gasteiger partial charge in [0, 0.05) is 36.1 Å². The second-order valence-corrected chi connectivity index (χ2v) is 7.27. The molecule has 1 aromatic rings. The second kappa shape index (κ2) is 6.86. The van der Waals surface area contributed by atoms with Crippen molar-refractivity contribution in [3.05, 3.63) is 30.3 Å². The molecule has 3 heteroatoms. The Morgan fingerprint density at radius 3 is 2.40 bits per heavy atom. The lowest BCUT2D eigenvalue weighted by atomic mass is 10.0. The Bertz CT molecular complexity index is 401. The normalized spacial score (nSPS) is 27.9. The van der Waals surface area contributed by atoms with E-state index in [9.17, 15) is 0 Å². The smallest absolute Gasteiger partial charge is 0.0366 e. The van der Waals surface area contributed by atoms with Gasteiger partial charge in [-0.05, 0) is 50.5 Å². The third kappa shape index (κ3) is 3.50. The Balaban J connectivity index is 1.45. The average Bonchev–Trinajstić information content (AvgIpc) is 2.97. The minimum Gasteiger partial charge on any atom is -0.371 e. The van der Waals surface area contributed by atoms with Crippen LogP contribution in [0.1, 0.15) is 32.1 Å². The van der Waals surface area contributed by atoms with Crippen LogP contribution in [0.25, 0.3) is 0 Å². The zero-order valence-electron chi connectivity index (χ0n) is 12.4. The predicted octanol–water partition coefficient (Wildman–Crippen LogP) is 3.53. The first-order chi connectivity index (χ1) is 9.85. The molecule has 0 aromatic heterocycles. The number of para-hydroxylation sites is 1. The summed E-state index contributed by atoms with van der Waals surface area (Å²) in [5.74, 6) is 0. The lowest BCUT2D eigenvalue weighted by molar-refractivity contribution is 0.368. The van der Waals surface area contributed by atoms with Gasteiger partial charge in [-0.15, -0.1) is 0 Å². The zero-order valence-corrected chi connectivity index (χ0v) is 13.2. The van der Waals surface area contributed by atoms with E-state index in [-0.39, 0.29) is 0 Å². The number of benzene rings is 1. The maximum atomic E-state index is 3.91. The van der Waals surface area contributed by atoms with Crippen molar-refractivity contribution < 1.29 is 0 Å². The van der Waals surface area contributed by atoms with Crippen LogP contribution in [0.15, 0.2) is 30.3 Å². The lowest BCUT2D eigenvalue weighted by Crippen LogP contribution is -2.45. The molecule has 1 saturated heterocycles. The zero-order chi connectivity index (χ0) is 13.8. The summed E-state index contributed by atoms with van der Waals surface area (Å²) in [7, 11) is 0.